The zero-order valence-corrected chi connectivity index (χ0v) is 12.9. The van der Waals surface area contributed by atoms with Crippen molar-refractivity contribution in [1.29, 1.82) is 0 Å². The molecule has 0 atom stereocenters. The minimum absolute atomic E-state index is 0.206. The van der Waals surface area contributed by atoms with Crippen molar-refractivity contribution in [3.05, 3.63) is 59.9 Å². The van der Waals surface area contributed by atoms with Crippen LogP contribution in [-0.4, -0.2) is 38.1 Å². The molecule has 3 nitrogen and oxygen atoms in total. The van der Waals surface area contributed by atoms with Crippen molar-refractivity contribution in [2.75, 3.05) is 43.4 Å². The summed E-state index contributed by atoms with van der Waals surface area (Å²) < 4.78 is 12.9. The molecule has 1 aliphatic rings. The molecule has 0 saturated carbocycles. The van der Waals surface area contributed by atoms with Gasteiger partial charge in [-0.2, -0.15) is 0 Å². The molecule has 1 heterocycles. The van der Waals surface area contributed by atoms with Gasteiger partial charge in [-0.25, -0.2) is 4.39 Å². The highest BCUT2D eigenvalue weighted by atomic mass is 19.1. The predicted octanol–water partition coefficient (Wildman–Crippen LogP) is 3.19. The number of piperazine rings is 1. The molecule has 1 fully saturated rings. The second-order valence-electron chi connectivity index (χ2n) is 5.82. The molecule has 0 aliphatic carbocycles. The van der Waals surface area contributed by atoms with Gasteiger partial charge < -0.3 is 15.1 Å². The molecule has 1 N–H and O–H groups in total. The van der Waals surface area contributed by atoms with E-state index in [4.69, 9.17) is 0 Å². The lowest BCUT2D eigenvalue weighted by molar-refractivity contribution is 0.313. The summed E-state index contributed by atoms with van der Waals surface area (Å²) in [7, 11) is 2.17. The second kappa shape index (κ2) is 6.79. The standard InChI is InChI=1S/C18H22FN3/c1-21-10-12-22(13-11-21)18-8-2-15(3-9-18)14-20-17-6-4-16(19)5-7-17/h2-9,20H,10-14H2,1H3. The van der Waals surface area contributed by atoms with Crippen molar-refractivity contribution in [2.45, 2.75) is 6.54 Å². The molecule has 0 radical (unpaired) electrons. The van der Waals surface area contributed by atoms with Gasteiger partial charge in [0.2, 0.25) is 0 Å². The number of hydrogen-bond donors (Lipinski definition) is 1. The van der Waals surface area contributed by atoms with Crippen LogP contribution in [0, 0.1) is 5.82 Å². The van der Waals surface area contributed by atoms with E-state index in [1.807, 2.05) is 0 Å². The van der Waals surface area contributed by atoms with E-state index >= 15 is 0 Å². The maximum atomic E-state index is 12.9. The van der Waals surface area contributed by atoms with Crippen molar-refractivity contribution in [1.82, 2.24) is 4.90 Å². The number of halogens is 1. The SMILES string of the molecule is CN1CCN(c2ccc(CNc3ccc(F)cc3)cc2)CC1. The van der Waals surface area contributed by atoms with Gasteiger partial charge in [-0.3, -0.25) is 0 Å². The van der Waals surface area contributed by atoms with Gasteiger partial charge in [0.15, 0.2) is 0 Å². The fourth-order valence-electron chi connectivity index (χ4n) is 2.66. The normalized spacial score (nSPS) is 15.8. The smallest absolute Gasteiger partial charge is 0.123 e. The van der Waals surface area contributed by atoms with Crippen LogP contribution in [0.15, 0.2) is 48.5 Å². The first-order valence-corrected chi connectivity index (χ1v) is 7.72. The van der Waals surface area contributed by atoms with E-state index in [9.17, 15) is 4.39 Å². The summed E-state index contributed by atoms with van der Waals surface area (Å²) in [6.07, 6.45) is 0. The molecular weight excluding hydrogens is 277 g/mol. The summed E-state index contributed by atoms with van der Waals surface area (Å²) in [4.78, 5) is 4.79. The molecular formula is C18H22FN3. The molecule has 2 aromatic carbocycles. The molecule has 2 aromatic rings. The first kappa shape index (κ1) is 14.9. The molecule has 0 spiro atoms. The lowest BCUT2D eigenvalue weighted by Gasteiger charge is -2.34. The van der Waals surface area contributed by atoms with Crippen molar-refractivity contribution < 1.29 is 4.39 Å². The van der Waals surface area contributed by atoms with E-state index in [1.165, 1.54) is 23.4 Å². The Hall–Kier alpha value is -2.07. The van der Waals surface area contributed by atoms with Crippen molar-refractivity contribution in [3.63, 3.8) is 0 Å². The number of benzene rings is 2. The summed E-state index contributed by atoms with van der Waals surface area (Å²) in [5, 5.41) is 3.31. The van der Waals surface area contributed by atoms with E-state index in [2.05, 4.69) is 46.4 Å². The molecule has 4 heteroatoms. The number of anilines is 2. The highest BCUT2D eigenvalue weighted by molar-refractivity contribution is 5.49. The topological polar surface area (TPSA) is 18.5 Å². The molecule has 1 saturated heterocycles. The van der Waals surface area contributed by atoms with E-state index in [-0.39, 0.29) is 5.82 Å². The van der Waals surface area contributed by atoms with Crippen LogP contribution in [0.5, 0.6) is 0 Å². The Morgan fingerprint density at radius 1 is 0.909 bits per heavy atom. The Balaban J connectivity index is 1.56. The van der Waals surface area contributed by atoms with Gasteiger partial charge in [0.1, 0.15) is 5.82 Å². The van der Waals surface area contributed by atoms with E-state index < -0.39 is 0 Å². The highest BCUT2D eigenvalue weighted by Crippen LogP contribution is 2.18. The van der Waals surface area contributed by atoms with Crippen LogP contribution in [-0.2, 0) is 6.54 Å². The van der Waals surface area contributed by atoms with E-state index in [0.717, 1.165) is 38.4 Å². The molecule has 0 aromatic heterocycles. The van der Waals surface area contributed by atoms with Crippen LogP contribution in [0.3, 0.4) is 0 Å². The average Bonchev–Trinajstić information content (AvgIpc) is 2.56. The average molecular weight is 299 g/mol. The Morgan fingerprint density at radius 2 is 1.55 bits per heavy atom. The van der Waals surface area contributed by atoms with Gasteiger partial charge in [-0.15, -0.1) is 0 Å². The minimum atomic E-state index is -0.206. The Kier molecular flexibility index (Phi) is 4.59. The number of likely N-dealkylation sites (N-methyl/N-ethyl adjacent to an activating group) is 1. The van der Waals surface area contributed by atoms with Gasteiger partial charge in [0, 0.05) is 44.1 Å². The molecule has 1 aliphatic heterocycles. The fourth-order valence-corrected chi connectivity index (χ4v) is 2.66. The van der Waals surface area contributed by atoms with Gasteiger partial charge >= 0.3 is 0 Å². The lowest BCUT2D eigenvalue weighted by Crippen LogP contribution is -2.44. The molecule has 0 bridgehead atoms. The van der Waals surface area contributed by atoms with Crippen molar-refractivity contribution >= 4 is 11.4 Å². The summed E-state index contributed by atoms with van der Waals surface area (Å²) in [5.74, 6) is -0.206. The molecule has 3 rings (SSSR count). The third kappa shape index (κ3) is 3.77. The van der Waals surface area contributed by atoms with Crippen LogP contribution >= 0.6 is 0 Å². The third-order valence-electron chi connectivity index (χ3n) is 4.15. The van der Waals surface area contributed by atoms with Crippen LogP contribution in [0.4, 0.5) is 15.8 Å². The number of nitrogens with zero attached hydrogens (tertiary/aromatic N) is 2. The monoisotopic (exact) mass is 299 g/mol. The fraction of sp³-hybridized carbons (Fsp3) is 0.333. The van der Waals surface area contributed by atoms with Gasteiger partial charge in [0.05, 0.1) is 0 Å². The van der Waals surface area contributed by atoms with Gasteiger partial charge in [-0.05, 0) is 49.0 Å². The molecule has 116 valence electrons. The van der Waals surface area contributed by atoms with Crippen LogP contribution in [0.25, 0.3) is 0 Å². The highest BCUT2D eigenvalue weighted by Gasteiger charge is 2.13. The summed E-state index contributed by atoms with van der Waals surface area (Å²) in [5.41, 5.74) is 3.45. The van der Waals surface area contributed by atoms with Gasteiger partial charge in [0.25, 0.3) is 0 Å². The zero-order chi connectivity index (χ0) is 15.4. The summed E-state index contributed by atoms with van der Waals surface area (Å²) in [6, 6.07) is 15.1. The number of rotatable bonds is 4. The Morgan fingerprint density at radius 3 is 2.18 bits per heavy atom. The molecule has 0 amide bonds. The maximum Gasteiger partial charge on any atom is 0.123 e. The zero-order valence-electron chi connectivity index (χ0n) is 12.9. The summed E-state index contributed by atoms with van der Waals surface area (Å²) >= 11 is 0. The largest absolute Gasteiger partial charge is 0.381 e. The first-order valence-electron chi connectivity index (χ1n) is 7.72. The van der Waals surface area contributed by atoms with Gasteiger partial charge in [-0.1, -0.05) is 12.1 Å². The first-order chi connectivity index (χ1) is 10.7. The van der Waals surface area contributed by atoms with E-state index in [1.54, 1.807) is 12.1 Å². The second-order valence-corrected chi connectivity index (χ2v) is 5.82. The quantitative estimate of drug-likeness (QED) is 0.935. The van der Waals surface area contributed by atoms with Crippen LogP contribution < -0.4 is 10.2 Å². The summed E-state index contributed by atoms with van der Waals surface area (Å²) in [6.45, 7) is 5.16. The van der Waals surface area contributed by atoms with Crippen LogP contribution in [0.1, 0.15) is 5.56 Å². The predicted molar refractivity (Wildman–Crippen MR) is 89.9 cm³/mol. The molecule has 0 unspecified atom stereocenters. The number of hydrogen-bond acceptors (Lipinski definition) is 3. The maximum absolute atomic E-state index is 12.9. The van der Waals surface area contributed by atoms with E-state index in [0.29, 0.717) is 0 Å². The number of nitrogens with one attached hydrogen (secondary N) is 1. The van der Waals surface area contributed by atoms with Crippen LogP contribution in [0.2, 0.25) is 0 Å². The minimum Gasteiger partial charge on any atom is -0.381 e. The van der Waals surface area contributed by atoms with Crippen molar-refractivity contribution in [2.24, 2.45) is 0 Å². The lowest BCUT2D eigenvalue weighted by atomic mass is 10.1. The Labute approximate surface area is 131 Å². The third-order valence-corrected chi connectivity index (χ3v) is 4.15. The molecule has 22 heavy (non-hydrogen) atoms. The van der Waals surface area contributed by atoms with Crippen molar-refractivity contribution in [3.8, 4) is 0 Å². The Bertz CT molecular complexity index is 587.